The van der Waals surface area contributed by atoms with Crippen LogP contribution in [-0.4, -0.2) is 12.9 Å². The molecule has 0 N–H and O–H groups in total. The predicted octanol–water partition coefficient (Wildman–Crippen LogP) is 0.421. The fourth-order valence-electron chi connectivity index (χ4n) is 0.395. The van der Waals surface area contributed by atoms with Gasteiger partial charge in [0.1, 0.15) is 0 Å². The van der Waals surface area contributed by atoms with Gasteiger partial charge < -0.3 is 10.1 Å². The Kier molecular flexibility index (Phi) is 3.24. The standard InChI is InChI=1S/C6H13NO/c1-4-5(2)6(8)7-3/h5H,4H2,1-3H3,(H,7,8)/p-1. The minimum absolute atomic E-state index is 0.00694. The molecule has 0 saturated carbocycles. The van der Waals surface area contributed by atoms with E-state index >= 15 is 0 Å². The third kappa shape index (κ3) is 1.96. The summed E-state index contributed by atoms with van der Waals surface area (Å²) in [7, 11) is 1.54. The minimum atomic E-state index is 0.00694. The molecule has 0 saturated heterocycles. The average Bonchev–Trinajstić information content (AvgIpc) is 1.84. The topological polar surface area (TPSA) is 35.4 Å². The van der Waals surface area contributed by atoms with Crippen molar-refractivity contribution in [2.75, 3.05) is 7.05 Å². The van der Waals surface area contributed by atoms with Crippen molar-refractivity contribution in [1.82, 2.24) is 0 Å². The highest BCUT2D eigenvalue weighted by atomic mass is 16.3. The van der Waals surface area contributed by atoms with Crippen molar-refractivity contribution in [1.29, 1.82) is 0 Å². The lowest BCUT2D eigenvalue weighted by Gasteiger charge is -2.15. The number of hydrogen-bond acceptors (Lipinski definition) is 2. The second kappa shape index (κ2) is 3.47. The van der Waals surface area contributed by atoms with Crippen LogP contribution in [0.25, 0.3) is 0 Å². The number of hydrogen-bond donors (Lipinski definition) is 0. The summed E-state index contributed by atoms with van der Waals surface area (Å²) in [6, 6.07) is 0. The monoisotopic (exact) mass is 114 g/mol. The van der Waals surface area contributed by atoms with E-state index in [1.807, 2.05) is 13.8 Å². The first-order valence-corrected chi connectivity index (χ1v) is 2.86. The van der Waals surface area contributed by atoms with Gasteiger partial charge >= 0.3 is 0 Å². The molecular weight excluding hydrogens is 102 g/mol. The largest absolute Gasteiger partial charge is 0.862 e. The summed E-state index contributed by atoms with van der Waals surface area (Å²) in [6.07, 6.45) is 0.885. The van der Waals surface area contributed by atoms with Crippen molar-refractivity contribution in [2.45, 2.75) is 20.3 Å². The highest BCUT2D eigenvalue weighted by Crippen LogP contribution is 1.97. The van der Waals surface area contributed by atoms with E-state index in [1.165, 1.54) is 7.05 Å². The summed E-state index contributed by atoms with van der Waals surface area (Å²) >= 11 is 0. The molecule has 0 aliphatic rings. The molecule has 8 heavy (non-hydrogen) atoms. The molecule has 0 aliphatic carbocycles. The van der Waals surface area contributed by atoms with Crippen LogP contribution in [0.5, 0.6) is 0 Å². The maximum absolute atomic E-state index is 10.6. The maximum atomic E-state index is 10.6. The summed E-state index contributed by atoms with van der Waals surface area (Å²) in [6.45, 7) is 3.86. The molecule has 2 heteroatoms. The van der Waals surface area contributed by atoms with Crippen LogP contribution < -0.4 is 5.11 Å². The quantitative estimate of drug-likeness (QED) is 0.378. The van der Waals surface area contributed by atoms with Crippen LogP contribution in [0.4, 0.5) is 0 Å². The number of aliphatic imine (C=N–C) groups is 1. The van der Waals surface area contributed by atoms with E-state index < -0.39 is 0 Å². The van der Waals surface area contributed by atoms with E-state index in [1.54, 1.807) is 0 Å². The smallest absolute Gasteiger partial charge is 0.0266 e. The van der Waals surface area contributed by atoms with Crippen molar-refractivity contribution < 1.29 is 5.11 Å². The summed E-state index contributed by atoms with van der Waals surface area (Å²) in [5.74, 6) is 0.118. The third-order valence-corrected chi connectivity index (χ3v) is 1.25. The molecule has 0 spiro atoms. The number of rotatable bonds is 2. The maximum Gasteiger partial charge on any atom is 0.0266 e. The summed E-state index contributed by atoms with van der Waals surface area (Å²) in [5.41, 5.74) is 0. The zero-order chi connectivity index (χ0) is 6.57. The predicted molar refractivity (Wildman–Crippen MR) is 32.8 cm³/mol. The highest BCUT2D eigenvalue weighted by molar-refractivity contribution is 5.73. The van der Waals surface area contributed by atoms with Crippen molar-refractivity contribution in [3.05, 3.63) is 0 Å². The molecule has 0 radical (unpaired) electrons. The van der Waals surface area contributed by atoms with Crippen LogP contribution in [-0.2, 0) is 0 Å². The Morgan fingerprint density at radius 3 is 2.38 bits per heavy atom. The van der Waals surface area contributed by atoms with Crippen molar-refractivity contribution in [3.63, 3.8) is 0 Å². The Labute approximate surface area is 50.3 Å². The zero-order valence-electron chi connectivity index (χ0n) is 5.64. The van der Waals surface area contributed by atoms with E-state index in [4.69, 9.17) is 0 Å². The van der Waals surface area contributed by atoms with E-state index in [0.717, 1.165) is 6.42 Å². The van der Waals surface area contributed by atoms with Gasteiger partial charge in [0.15, 0.2) is 0 Å². The lowest BCUT2D eigenvalue weighted by atomic mass is 10.1. The van der Waals surface area contributed by atoms with Gasteiger partial charge in [-0.15, -0.1) is 0 Å². The van der Waals surface area contributed by atoms with Gasteiger partial charge in [0, 0.05) is 7.05 Å². The summed E-state index contributed by atoms with van der Waals surface area (Å²) in [5, 5.41) is 10.6. The Hall–Kier alpha value is -0.530. The van der Waals surface area contributed by atoms with Gasteiger partial charge in [-0.3, -0.25) is 0 Å². The molecule has 2 nitrogen and oxygen atoms in total. The Balaban J connectivity index is 3.63. The highest BCUT2D eigenvalue weighted by Gasteiger charge is 1.93. The zero-order valence-corrected chi connectivity index (χ0v) is 5.64. The summed E-state index contributed by atoms with van der Waals surface area (Å²) in [4.78, 5) is 3.52. The van der Waals surface area contributed by atoms with Gasteiger partial charge in [-0.05, 0) is 18.2 Å². The first-order valence-electron chi connectivity index (χ1n) is 2.86. The molecule has 0 aromatic rings. The van der Waals surface area contributed by atoms with E-state index in [-0.39, 0.29) is 11.8 Å². The SMILES string of the molecule is CCC(C)C([O-])=NC. The molecule has 0 aromatic heterocycles. The van der Waals surface area contributed by atoms with Crippen LogP contribution in [0.1, 0.15) is 20.3 Å². The molecular formula is C6H12NO-. The van der Waals surface area contributed by atoms with Crippen LogP contribution >= 0.6 is 0 Å². The van der Waals surface area contributed by atoms with Gasteiger partial charge in [-0.1, -0.05) is 13.8 Å². The fraction of sp³-hybridized carbons (Fsp3) is 0.833. The molecule has 1 unspecified atom stereocenters. The second-order valence-electron chi connectivity index (χ2n) is 1.87. The van der Waals surface area contributed by atoms with Crippen molar-refractivity contribution in [2.24, 2.45) is 10.9 Å². The van der Waals surface area contributed by atoms with E-state index in [9.17, 15) is 5.11 Å². The van der Waals surface area contributed by atoms with Crippen LogP contribution in [0.15, 0.2) is 4.99 Å². The second-order valence-corrected chi connectivity index (χ2v) is 1.87. The first kappa shape index (κ1) is 7.47. The van der Waals surface area contributed by atoms with Crippen LogP contribution in [0.2, 0.25) is 0 Å². The van der Waals surface area contributed by atoms with Gasteiger partial charge in [-0.25, -0.2) is 0 Å². The Morgan fingerprint density at radius 1 is 1.75 bits per heavy atom. The van der Waals surface area contributed by atoms with Crippen LogP contribution in [0, 0.1) is 5.92 Å². The normalized spacial score (nSPS) is 16.1. The molecule has 0 fully saturated rings. The third-order valence-electron chi connectivity index (χ3n) is 1.25. The molecule has 0 heterocycles. The minimum Gasteiger partial charge on any atom is -0.862 e. The van der Waals surface area contributed by atoms with Crippen molar-refractivity contribution in [3.8, 4) is 0 Å². The molecule has 0 rings (SSSR count). The Bertz CT molecular complexity index is 88.5. The van der Waals surface area contributed by atoms with E-state index in [0.29, 0.717) is 0 Å². The van der Waals surface area contributed by atoms with Gasteiger partial charge in [0.2, 0.25) is 0 Å². The number of nitrogens with zero attached hydrogens (tertiary/aromatic N) is 1. The van der Waals surface area contributed by atoms with Gasteiger partial charge in [0.05, 0.1) is 0 Å². The van der Waals surface area contributed by atoms with Gasteiger partial charge in [0.25, 0.3) is 0 Å². The van der Waals surface area contributed by atoms with Crippen LogP contribution in [0.3, 0.4) is 0 Å². The van der Waals surface area contributed by atoms with Crippen molar-refractivity contribution >= 4 is 5.90 Å². The molecule has 0 bridgehead atoms. The van der Waals surface area contributed by atoms with E-state index in [2.05, 4.69) is 4.99 Å². The molecule has 0 aliphatic heterocycles. The molecule has 0 aromatic carbocycles. The average molecular weight is 114 g/mol. The lowest BCUT2D eigenvalue weighted by Crippen LogP contribution is -2.24. The first-order chi connectivity index (χ1) is 3.72. The molecule has 48 valence electrons. The summed E-state index contributed by atoms with van der Waals surface area (Å²) < 4.78 is 0. The lowest BCUT2D eigenvalue weighted by molar-refractivity contribution is -0.223. The molecule has 1 atom stereocenters. The van der Waals surface area contributed by atoms with Gasteiger partial charge in [-0.2, -0.15) is 0 Å². The molecule has 0 amide bonds. The Morgan fingerprint density at radius 2 is 2.25 bits per heavy atom. The fourth-order valence-corrected chi connectivity index (χ4v) is 0.395.